The molecule has 2 N–H and O–H groups in total. The highest BCUT2D eigenvalue weighted by atomic mass is 15.1. The van der Waals surface area contributed by atoms with Crippen LogP contribution in [-0.4, -0.2) is 30.6 Å². The van der Waals surface area contributed by atoms with Crippen molar-refractivity contribution in [3.63, 3.8) is 0 Å². The summed E-state index contributed by atoms with van der Waals surface area (Å²) in [5.41, 5.74) is 6.11. The molecule has 14 heavy (non-hydrogen) atoms. The van der Waals surface area contributed by atoms with Crippen LogP contribution in [-0.2, 0) is 0 Å². The topological polar surface area (TPSA) is 29.3 Å². The summed E-state index contributed by atoms with van der Waals surface area (Å²) in [6.07, 6.45) is 3.98. The molecule has 0 heterocycles. The molecule has 0 radical (unpaired) electrons. The molecule has 1 rings (SSSR count). The van der Waals surface area contributed by atoms with Gasteiger partial charge in [0.1, 0.15) is 0 Å². The van der Waals surface area contributed by atoms with Gasteiger partial charge in [0.05, 0.1) is 0 Å². The summed E-state index contributed by atoms with van der Waals surface area (Å²) in [4.78, 5) is 2.42. The summed E-state index contributed by atoms with van der Waals surface area (Å²) in [5, 5.41) is 0. The Hall–Kier alpha value is -0.0800. The van der Waals surface area contributed by atoms with Crippen LogP contribution in [0.25, 0.3) is 0 Å². The third kappa shape index (κ3) is 3.97. The number of hydrogen-bond donors (Lipinski definition) is 1. The van der Waals surface area contributed by atoms with Crippen molar-refractivity contribution in [1.82, 2.24) is 4.90 Å². The van der Waals surface area contributed by atoms with Crippen LogP contribution < -0.4 is 5.73 Å². The van der Waals surface area contributed by atoms with E-state index in [0.717, 1.165) is 18.4 Å². The fourth-order valence-corrected chi connectivity index (χ4v) is 2.05. The van der Waals surface area contributed by atoms with Crippen molar-refractivity contribution < 1.29 is 0 Å². The Morgan fingerprint density at radius 2 is 1.86 bits per heavy atom. The Kier molecular flexibility index (Phi) is 4.39. The summed E-state index contributed by atoms with van der Waals surface area (Å²) in [6.45, 7) is 7.94. The Bertz CT molecular complexity index is 164. The van der Waals surface area contributed by atoms with Crippen LogP contribution in [0.1, 0.15) is 40.0 Å². The van der Waals surface area contributed by atoms with Gasteiger partial charge in [0, 0.05) is 18.6 Å². The van der Waals surface area contributed by atoms with Crippen LogP contribution in [0, 0.1) is 11.8 Å². The lowest BCUT2D eigenvalue weighted by molar-refractivity contribution is 0.210. The SMILES string of the molecule is CC(C)CC(C)N(C)CC(N)C1CC1. The molecule has 2 heteroatoms. The first kappa shape index (κ1) is 12.0. The van der Waals surface area contributed by atoms with Gasteiger partial charge < -0.3 is 10.6 Å². The molecule has 1 fully saturated rings. The Labute approximate surface area is 88.8 Å². The van der Waals surface area contributed by atoms with Gasteiger partial charge >= 0.3 is 0 Å². The number of nitrogens with zero attached hydrogens (tertiary/aromatic N) is 1. The number of hydrogen-bond acceptors (Lipinski definition) is 2. The molecule has 1 aliphatic carbocycles. The van der Waals surface area contributed by atoms with Crippen molar-refractivity contribution in [2.24, 2.45) is 17.6 Å². The molecule has 0 amide bonds. The van der Waals surface area contributed by atoms with Crippen molar-refractivity contribution in [2.75, 3.05) is 13.6 Å². The van der Waals surface area contributed by atoms with Crippen LogP contribution in [0.5, 0.6) is 0 Å². The lowest BCUT2D eigenvalue weighted by atomic mass is 10.0. The molecule has 0 aromatic carbocycles. The van der Waals surface area contributed by atoms with Crippen LogP contribution in [0.3, 0.4) is 0 Å². The Morgan fingerprint density at radius 3 is 2.29 bits per heavy atom. The maximum Gasteiger partial charge on any atom is 0.0196 e. The Morgan fingerprint density at radius 1 is 1.29 bits per heavy atom. The molecule has 0 spiro atoms. The molecule has 0 aliphatic heterocycles. The van der Waals surface area contributed by atoms with E-state index < -0.39 is 0 Å². The molecule has 0 aromatic heterocycles. The summed E-state index contributed by atoms with van der Waals surface area (Å²) in [5.74, 6) is 1.60. The van der Waals surface area contributed by atoms with Crippen LogP contribution in [0.4, 0.5) is 0 Å². The van der Waals surface area contributed by atoms with Gasteiger partial charge in [-0.25, -0.2) is 0 Å². The smallest absolute Gasteiger partial charge is 0.0196 e. The molecule has 2 atom stereocenters. The van der Waals surface area contributed by atoms with E-state index >= 15 is 0 Å². The van der Waals surface area contributed by atoms with Crippen LogP contribution in [0.2, 0.25) is 0 Å². The second-order valence-corrected chi connectivity index (χ2v) is 5.42. The quantitative estimate of drug-likeness (QED) is 0.708. The number of likely N-dealkylation sites (N-methyl/N-ethyl adjacent to an activating group) is 1. The van der Waals surface area contributed by atoms with Crippen molar-refractivity contribution in [3.05, 3.63) is 0 Å². The van der Waals surface area contributed by atoms with Gasteiger partial charge in [-0.1, -0.05) is 13.8 Å². The predicted octanol–water partition coefficient (Wildman–Crippen LogP) is 2.09. The van der Waals surface area contributed by atoms with Gasteiger partial charge in [-0.05, 0) is 45.1 Å². The average Bonchev–Trinajstić information content (AvgIpc) is 2.84. The minimum Gasteiger partial charge on any atom is -0.326 e. The molecule has 0 bridgehead atoms. The molecular formula is C12H26N2. The average molecular weight is 198 g/mol. The second kappa shape index (κ2) is 5.13. The third-order valence-electron chi connectivity index (χ3n) is 3.29. The van der Waals surface area contributed by atoms with Crippen molar-refractivity contribution in [3.8, 4) is 0 Å². The zero-order chi connectivity index (χ0) is 10.7. The molecular weight excluding hydrogens is 172 g/mol. The summed E-state index contributed by atoms with van der Waals surface area (Å²) in [7, 11) is 2.20. The lowest BCUT2D eigenvalue weighted by Crippen LogP contribution is -2.41. The van der Waals surface area contributed by atoms with Crippen molar-refractivity contribution >= 4 is 0 Å². The zero-order valence-electron chi connectivity index (χ0n) is 10.2. The van der Waals surface area contributed by atoms with E-state index in [1.165, 1.54) is 19.3 Å². The maximum absolute atomic E-state index is 6.11. The standard InChI is InChI=1S/C12H26N2/c1-9(2)7-10(3)14(4)8-12(13)11-5-6-11/h9-12H,5-8,13H2,1-4H3. The second-order valence-electron chi connectivity index (χ2n) is 5.42. The lowest BCUT2D eigenvalue weighted by Gasteiger charge is -2.28. The third-order valence-corrected chi connectivity index (χ3v) is 3.29. The van der Waals surface area contributed by atoms with Crippen molar-refractivity contribution in [2.45, 2.75) is 52.1 Å². The van der Waals surface area contributed by atoms with Crippen LogP contribution in [0.15, 0.2) is 0 Å². The van der Waals surface area contributed by atoms with E-state index in [4.69, 9.17) is 5.73 Å². The largest absolute Gasteiger partial charge is 0.326 e. The summed E-state index contributed by atoms with van der Waals surface area (Å²) < 4.78 is 0. The Balaban J connectivity index is 2.21. The predicted molar refractivity (Wildman–Crippen MR) is 62.2 cm³/mol. The van der Waals surface area contributed by atoms with Gasteiger partial charge in [-0.3, -0.25) is 0 Å². The number of nitrogens with two attached hydrogens (primary N) is 1. The molecule has 1 saturated carbocycles. The van der Waals surface area contributed by atoms with Gasteiger partial charge in [-0.2, -0.15) is 0 Å². The zero-order valence-corrected chi connectivity index (χ0v) is 10.2. The van der Waals surface area contributed by atoms with E-state index in [1.54, 1.807) is 0 Å². The summed E-state index contributed by atoms with van der Waals surface area (Å²) in [6, 6.07) is 1.08. The molecule has 0 aromatic rings. The van der Waals surface area contributed by atoms with Gasteiger partial charge in [0.2, 0.25) is 0 Å². The highest BCUT2D eigenvalue weighted by molar-refractivity contribution is 4.86. The molecule has 2 nitrogen and oxygen atoms in total. The molecule has 2 unspecified atom stereocenters. The fraction of sp³-hybridized carbons (Fsp3) is 1.00. The van der Waals surface area contributed by atoms with E-state index in [-0.39, 0.29) is 0 Å². The van der Waals surface area contributed by atoms with Crippen molar-refractivity contribution in [1.29, 1.82) is 0 Å². The minimum atomic E-state index is 0.412. The highest BCUT2D eigenvalue weighted by Crippen LogP contribution is 2.31. The highest BCUT2D eigenvalue weighted by Gasteiger charge is 2.29. The minimum absolute atomic E-state index is 0.412. The summed E-state index contributed by atoms with van der Waals surface area (Å²) >= 11 is 0. The first-order chi connectivity index (χ1) is 6.50. The molecule has 84 valence electrons. The fourth-order valence-electron chi connectivity index (χ4n) is 2.05. The van der Waals surface area contributed by atoms with E-state index in [1.807, 2.05) is 0 Å². The molecule has 0 saturated heterocycles. The van der Waals surface area contributed by atoms with Crippen LogP contribution >= 0.6 is 0 Å². The maximum atomic E-state index is 6.11. The molecule has 1 aliphatic rings. The van der Waals surface area contributed by atoms with Gasteiger partial charge in [0.15, 0.2) is 0 Å². The first-order valence-corrected chi connectivity index (χ1v) is 5.96. The first-order valence-electron chi connectivity index (χ1n) is 5.96. The van der Waals surface area contributed by atoms with Gasteiger partial charge in [-0.15, -0.1) is 0 Å². The van der Waals surface area contributed by atoms with E-state index in [0.29, 0.717) is 12.1 Å². The van der Waals surface area contributed by atoms with E-state index in [9.17, 15) is 0 Å². The monoisotopic (exact) mass is 198 g/mol. The number of rotatable bonds is 6. The normalized spacial score (nSPS) is 21.6. The van der Waals surface area contributed by atoms with E-state index in [2.05, 4.69) is 32.7 Å². The van der Waals surface area contributed by atoms with Gasteiger partial charge in [0.25, 0.3) is 0 Å².